The molecule has 1 N–H and O–H groups in total. The average molecular weight is 634 g/mol. The second-order valence-electron chi connectivity index (χ2n) is 11.6. The van der Waals surface area contributed by atoms with Crippen LogP contribution in [0.15, 0.2) is 43.5 Å². The lowest BCUT2D eigenvalue weighted by molar-refractivity contribution is -0.154. The number of aliphatic hydroxyl groups excluding tert-OH is 1. The average Bonchev–Trinajstić information content (AvgIpc) is 3.49. The van der Waals surface area contributed by atoms with Gasteiger partial charge in [0, 0.05) is 22.3 Å². The van der Waals surface area contributed by atoms with E-state index < -0.39 is 34.6 Å². The number of likely N-dealkylation sites (tertiary alicyclic amines) is 1. The first-order valence-corrected chi connectivity index (χ1v) is 15.8. The molecule has 2 bridgehead atoms. The Balaban J connectivity index is 1.85. The van der Waals surface area contributed by atoms with E-state index in [0.717, 1.165) is 16.8 Å². The standard InChI is InChI=1S/C31H41BrN2O5S/c1-7-9-14-39-30(38)23-24-28(36)34(21(17-35)15-18(3)4)27(31(24)16-22(32)26(23)40-31)29(37)33(13-8-2)25-19(5)11-10-12-20(25)6/h7-8,10-12,18,21-24,26-27,35H,1-2,9,13-17H2,3-6H3/t21-,22?,23-,24+,26-,27?,31?/m1/s1. The number of thioether (sulfide) groups is 1. The van der Waals surface area contributed by atoms with Crippen LogP contribution in [0.2, 0.25) is 0 Å². The van der Waals surface area contributed by atoms with Gasteiger partial charge in [-0.15, -0.1) is 24.9 Å². The molecule has 40 heavy (non-hydrogen) atoms. The maximum Gasteiger partial charge on any atom is 0.310 e. The van der Waals surface area contributed by atoms with E-state index in [-0.39, 0.29) is 47.6 Å². The number of rotatable bonds is 12. The van der Waals surface area contributed by atoms with Crippen molar-refractivity contribution in [3.63, 3.8) is 0 Å². The SMILES string of the molecule is C=CCCOC(=O)[C@H]1[C@@H]2SC3(CC2Br)C(C(=O)N(CC=C)c2c(C)cccc2C)N([C@@H](CO)CC(C)C)C(=O)[C@H]13. The van der Waals surface area contributed by atoms with Crippen molar-refractivity contribution < 1.29 is 24.2 Å². The summed E-state index contributed by atoms with van der Waals surface area (Å²) in [5.41, 5.74) is 2.70. The molecule has 0 radical (unpaired) electrons. The molecule has 9 heteroatoms. The highest BCUT2D eigenvalue weighted by Crippen LogP contribution is 2.68. The summed E-state index contributed by atoms with van der Waals surface area (Å²) in [6.07, 6.45) is 5.02. The summed E-state index contributed by atoms with van der Waals surface area (Å²) in [5.74, 6) is -2.03. The Kier molecular flexibility index (Phi) is 9.57. The van der Waals surface area contributed by atoms with Gasteiger partial charge in [-0.25, -0.2) is 0 Å². The molecule has 0 aliphatic carbocycles. The van der Waals surface area contributed by atoms with E-state index in [1.54, 1.807) is 33.7 Å². The van der Waals surface area contributed by atoms with E-state index in [1.807, 2.05) is 45.9 Å². The van der Waals surface area contributed by atoms with E-state index in [0.29, 0.717) is 19.3 Å². The minimum atomic E-state index is -0.846. The summed E-state index contributed by atoms with van der Waals surface area (Å²) in [6.45, 7) is 15.8. The number of ether oxygens (including phenoxy) is 1. The van der Waals surface area contributed by atoms with Gasteiger partial charge in [-0.05, 0) is 50.2 Å². The molecule has 1 aromatic carbocycles. The topological polar surface area (TPSA) is 87.2 Å². The van der Waals surface area contributed by atoms with Gasteiger partial charge in [-0.2, -0.15) is 0 Å². The Hall–Kier alpha value is -2.10. The fourth-order valence-electron chi connectivity index (χ4n) is 6.97. The lowest BCUT2D eigenvalue weighted by Gasteiger charge is -2.40. The van der Waals surface area contributed by atoms with Gasteiger partial charge in [0.15, 0.2) is 0 Å². The predicted octanol–water partition coefficient (Wildman–Crippen LogP) is 4.81. The molecule has 3 unspecified atom stereocenters. The number of esters is 1. The van der Waals surface area contributed by atoms with Crippen LogP contribution in [0.1, 0.15) is 44.2 Å². The molecule has 3 fully saturated rings. The van der Waals surface area contributed by atoms with E-state index >= 15 is 0 Å². The lowest BCUT2D eigenvalue weighted by Crippen LogP contribution is -2.58. The second-order valence-corrected chi connectivity index (χ2v) is 14.3. The molecule has 3 aliphatic rings. The highest BCUT2D eigenvalue weighted by molar-refractivity contribution is 9.09. The van der Waals surface area contributed by atoms with Crippen LogP contribution in [0.5, 0.6) is 0 Å². The van der Waals surface area contributed by atoms with Crippen molar-refractivity contribution in [1.29, 1.82) is 0 Å². The van der Waals surface area contributed by atoms with Crippen LogP contribution in [-0.4, -0.2) is 74.5 Å². The van der Waals surface area contributed by atoms with Crippen LogP contribution in [0, 0.1) is 31.6 Å². The highest BCUT2D eigenvalue weighted by atomic mass is 79.9. The zero-order chi connectivity index (χ0) is 29.4. The van der Waals surface area contributed by atoms with E-state index in [9.17, 15) is 19.5 Å². The van der Waals surface area contributed by atoms with Gasteiger partial charge in [-0.3, -0.25) is 14.4 Å². The number of benzene rings is 1. The van der Waals surface area contributed by atoms with Crippen molar-refractivity contribution in [2.24, 2.45) is 17.8 Å². The van der Waals surface area contributed by atoms with Crippen LogP contribution in [0.4, 0.5) is 5.69 Å². The van der Waals surface area contributed by atoms with Crippen LogP contribution in [0.25, 0.3) is 0 Å². The largest absolute Gasteiger partial charge is 0.465 e. The van der Waals surface area contributed by atoms with Crippen molar-refractivity contribution in [2.45, 2.75) is 73.9 Å². The summed E-state index contributed by atoms with van der Waals surface area (Å²) in [6, 6.07) is 4.51. The summed E-state index contributed by atoms with van der Waals surface area (Å²) in [7, 11) is 0. The number of fused-ring (bicyclic) bond motifs is 1. The molecule has 0 aromatic heterocycles. The van der Waals surface area contributed by atoms with Crippen LogP contribution in [0.3, 0.4) is 0 Å². The van der Waals surface area contributed by atoms with Crippen molar-refractivity contribution in [1.82, 2.24) is 4.90 Å². The van der Waals surface area contributed by atoms with Gasteiger partial charge in [0.25, 0.3) is 5.91 Å². The molecule has 218 valence electrons. The molecule has 0 saturated carbocycles. The number of nitrogens with zero attached hydrogens (tertiary/aromatic N) is 2. The zero-order valence-electron chi connectivity index (χ0n) is 23.8. The molecular formula is C31H41BrN2O5S. The minimum absolute atomic E-state index is 0.0560. The maximum absolute atomic E-state index is 14.9. The summed E-state index contributed by atoms with van der Waals surface area (Å²) >= 11 is 5.38. The fourth-order valence-corrected chi connectivity index (χ4v) is 10.5. The van der Waals surface area contributed by atoms with E-state index in [4.69, 9.17) is 4.74 Å². The first-order chi connectivity index (χ1) is 19.0. The number of para-hydroxylation sites is 1. The molecule has 1 spiro atoms. The first-order valence-electron chi connectivity index (χ1n) is 14.0. The fraction of sp³-hybridized carbons (Fsp3) is 0.581. The van der Waals surface area contributed by atoms with Gasteiger partial charge in [0.2, 0.25) is 5.91 Å². The molecule has 7 atom stereocenters. The predicted molar refractivity (Wildman–Crippen MR) is 164 cm³/mol. The Morgan fingerprint density at radius 1 is 1.27 bits per heavy atom. The molecule has 2 amide bonds. The summed E-state index contributed by atoms with van der Waals surface area (Å²) < 4.78 is 4.79. The number of carbonyl (C=O) groups is 3. The number of anilines is 1. The molecular weight excluding hydrogens is 592 g/mol. The number of hydrogen-bond acceptors (Lipinski definition) is 6. The van der Waals surface area contributed by atoms with Crippen LogP contribution < -0.4 is 4.90 Å². The molecule has 4 rings (SSSR count). The Morgan fingerprint density at radius 3 is 2.52 bits per heavy atom. The number of aliphatic hydroxyl groups is 1. The third kappa shape index (κ3) is 5.18. The van der Waals surface area contributed by atoms with Crippen LogP contribution in [-0.2, 0) is 19.1 Å². The zero-order valence-corrected chi connectivity index (χ0v) is 26.2. The number of carbonyl (C=O) groups excluding carboxylic acids is 3. The molecule has 3 aliphatic heterocycles. The molecule has 1 aromatic rings. The summed E-state index contributed by atoms with van der Waals surface area (Å²) in [4.78, 5) is 46.1. The Morgan fingerprint density at radius 2 is 1.95 bits per heavy atom. The highest BCUT2D eigenvalue weighted by Gasteiger charge is 2.76. The third-order valence-corrected chi connectivity index (χ3v) is 11.7. The number of alkyl halides is 1. The second kappa shape index (κ2) is 12.4. The van der Waals surface area contributed by atoms with Crippen molar-refractivity contribution in [3.8, 4) is 0 Å². The monoisotopic (exact) mass is 632 g/mol. The van der Waals surface area contributed by atoms with Gasteiger partial charge >= 0.3 is 5.97 Å². The van der Waals surface area contributed by atoms with E-state index in [1.165, 1.54) is 0 Å². The maximum atomic E-state index is 14.9. The molecule has 3 heterocycles. The lowest BCUT2D eigenvalue weighted by atomic mass is 9.71. The van der Waals surface area contributed by atoms with E-state index in [2.05, 4.69) is 29.1 Å². The van der Waals surface area contributed by atoms with Gasteiger partial charge in [0.1, 0.15) is 6.04 Å². The quantitative estimate of drug-likeness (QED) is 0.154. The molecule has 3 saturated heterocycles. The smallest absolute Gasteiger partial charge is 0.310 e. The van der Waals surface area contributed by atoms with Gasteiger partial charge in [-0.1, -0.05) is 60.1 Å². The number of aryl methyl sites for hydroxylation is 2. The van der Waals surface area contributed by atoms with Crippen LogP contribution >= 0.6 is 27.7 Å². The normalized spacial score (nSPS) is 29.4. The third-order valence-electron chi connectivity index (χ3n) is 8.43. The minimum Gasteiger partial charge on any atom is -0.465 e. The first kappa shape index (κ1) is 30.8. The summed E-state index contributed by atoms with van der Waals surface area (Å²) in [5, 5.41) is 10.4. The van der Waals surface area contributed by atoms with Gasteiger partial charge in [0.05, 0.1) is 35.8 Å². The Bertz CT molecular complexity index is 1150. The number of hydrogen-bond donors (Lipinski definition) is 1. The number of halogens is 1. The Labute approximate surface area is 250 Å². The molecule has 7 nitrogen and oxygen atoms in total. The van der Waals surface area contributed by atoms with Crippen molar-refractivity contribution >= 4 is 51.2 Å². The number of amides is 2. The van der Waals surface area contributed by atoms with Gasteiger partial charge < -0.3 is 19.6 Å². The van der Waals surface area contributed by atoms with Crippen molar-refractivity contribution in [2.75, 3.05) is 24.7 Å². The van der Waals surface area contributed by atoms with Crippen molar-refractivity contribution in [3.05, 3.63) is 54.6 Å².